The molecule has 31 heavy (non-hydrogen) atoms. The van der Waals surface area contributed by atoms with Gasteiger partial charge in [-0.05, 0) is 41.8 Å². The second-order valence-electron chi connectivity index (χ2n) is 6.86. The summed E-state index contributed by atoms with van der Waals surface area (Å²) in [7, 11) is 0. The molecule has 0 aliphatic rings. The lowest BCUT2D eigenvalue weighted by molar-refractivity contribution is -0.143. The average molecular weight is 450 g/mol. The fourth-order valence-corrected chi connectivity index (χ4v) is 2.72. The van der Waals surface area contributed by atoms with Gasteiger partial charge in [-0.3, -0.25) is 4.79 Å². The molecule has 0 fully saturated rings. The van der Waals surface area contributed by atoms with Crippen molar-refractivity contribution in [2.75, 3.05) is 13.2 Å². The smallest absolute Gasteiger partial charge is 0.416 e. The Balaban J connectivity index is 1.88. The van der Waals surface area contributed by atoms with Crippen molar-refractivity contribution >= 4 is 5.97 Å². The molecule has 10 heteroatoms. The zero-order valence-electron chi connectivity index (χ0n) is 16.4. The van der Waals surface area contributed by atoms with Crippen LogP contribution in [0.3, 0.4) is 0 Å². The summed E-state index contributed by atoms with van der Waals surface area (Å²) < 4.78 is 87.5. The van der Waals surface area contributed by atoms with Crippen molar-refractivity contribution in [2.24, 2.45) is 0 Å². The average Bonchev–Trinajstić information content (AvgIpc) is 2.66. The lowest BCUT2D eigenvalue weighted by atomic mass is 9.98. The fourth-order valence-electron chi connectivity index (χ4n) is 2.72. The van der Waals surface area contributed by atoms with Crippen LogP contribution in [-0.4, -0.2) is 24.3 Å². The molecular weight excluding hydrogens is 430 g/mol. The molecule has 2 aromatic rings. The highest BCUT2D eigenvalue weighted by molar-refractivity contribution is 5.68. The van der Waals surface area contributed by atoms with E-state index in [1.54, 1.807) is 31.2 Å². The molecule has 0 aliphatic heterocycles. The van der Waals surface area contributed by atoms with E-state index in [1.807, 2.05) is 0 Å². The van der Waals surface area contributed by atoms with Crippen molar-refractivity contribution in [3.8, 4) is 11.5 Å². The van der Waals surface area contributed by atoms with Crippen LogP contribution in [0.1, 0.15) is 42.4 Å². The summed E-state index contributed by atoms with van der Waals surface area (Å²) in [4.78, 5) is 10.7. The molecule has 0 aliphatic carbocycles. The molecule has 170 valence electrons. The van der Waals surface area contributed by atoms with E-state index in [-0.39, 0.29) is 38.0 Å². The Morgan fingerprint density at radius 1 is 0.871 bits per heavy atom. The third-order valence-electron chi connectivity index (χ3n) is 4.32. The Kier molecular flexibility index (Phi) is 7.80. The van der Waals surface area contributed by atoms with E-state index >= 15 is 0 Å². The zero-order valence-corrected chi connectivity index (χ0v) is 16.4. The van der Waals surface area contributed by atoms with Crippen LogP contribution >= 0.6 is 0 Å². The molecule has 0 aromatic heterocycles. The number of hydrogen-bond donors (Lipinski definition) is 1. The minimum absolute atomic E-state index is 0.0108. The molecule has 0 bridgehead atoms. The van der Waals surface area contributed by atoms with Crippen molar-refractivity contribution in [3.63, 3.8) is 0 Å². The summed E-state index contributed by atoms with van der Waals surface area (Å²) in [5, 5.41) is 8.81. The van der Waals surface area contributed by atoms with Crippen LogP contribution in [0.5, 0.6) is 11.5 Å². The summed E-state index contributed by atoms with van der Waals surface area (Å²) in [6.45, 7) is 1.75. The third kappa shape index (κ3) is 7.69. The van der Waals surface area contributed by atoms with Crippen molar-refractivity contribution in [2.45, 2.75) is 38.0 Å². The Labute approximate surface area is 174 Å². The largest absolute Gasteiger partial charge is 0.493 e. The Morgan fingerprint density at radius 2 is 1.35 bits per heavy atom. The van der Waals surface area contributed by atoms with Crippen LogP contribution in [-0.2, 0) is 17.1 Å². The molecule has 0 saturated carbocycles. The first-order valence-electron chi connectivity index (χ1n) is 9.23. The van der Waals surface area contributed by atoms with Gasteiger partial charge in [-0.2, -0.15) is 26.3 Å². The summed E-state index contributed by atoms with van der Waals surface area (Å²) >= 11 is 0. The van der Waals surface area contributed by atoms with Crippen molar-refractivity contribution in [1.82, 2.24) is 0 Å². The highest BCUT2D eigenvalue weighted by Gasteiger charge is 2.37. The number of carbonyl (C=O) groups is 1. The first kappa shape index (κ1) is 24.4. The van der Waals surface area contributed by atoms with Crippen LogP contribution in [0, 0.1) is 0 Å². The number of halogens is 6. The molecule has 0 spiro atoms. The lowest BCUT2D eigenvalue weighted by Crippen LogP contribution is -2.12. The van der Waals surface area contributed by atoms with Crippen LogP contribution in [0.25, 0.3) is 0 Å². The van der Waals surface area contributed by atoms with Crippen molar-refractivity contribution in [1.29, 1.82) is 0 Å². The molecule has 2 rings (SSSR count). The van der Waals surface area contributed by atoms with E-state index in [9.17, 15) is 31.1 Å². The molecule has 0 saturated heterocycles. The van der Waals surface area contributed by atoms with Gasteiger partial charge in [0.25, 0.3) is 0 Å². The van der Waals surface area contributed by atoms with E-state index < -0.39 is 35.2 Å². The van der Waals surface area contributed by atoms with Gasteiger partial charge in [0.15, 0.2) is 0 Å². The first-order chi connectivity index (χ1) is 14.4. The number of alkyl halides is 6. The predicted octanol–water partition coefficient (Wildman–Crippen LogP) is 6.15. The Hall–Kier alpha value is -2.91. The van der Waals surface area contributed by atoms with Gasteiger partial charge in [0.2, 0.25) is 0 Å². The Morgan fingerprint density at radius 3 is 1.81 bits per heavy atom. The number of carboxylic acids is 1. The molecule has 1 unspecified atom stereocenters. The van der Waals surface area contributed by atoms with Gasteiger partial charge in [-0.25, -0.2) is 0 Å². The minimum Gasteiger partial charge on any atom is -0.493 e. The topological polar surface area (TPSA) is 55.8 Å². The summed E-state index contributed by atoms with van der Waals surface area (Å²) in [5.41, 5.74) is -2.06. The van der Waals surface area contributed by atoms with Crippen LogP contribution in [0.15, 0.2) is 42.5 Å². The molecule has 4 nitrogen and oxygen atoms in total. The number of rotatable bonds is 9. The fraction of sp³-hybridized carbons (Fsp3) is 0.381. The van der Waals surface area contributed by atoms with Gasteiger partial charge in [0, 0.05) is 6.42 Å². The van der Waals surface area contributed by atoms with E-state index in [0.717, 1.165) is 5.56 Å². The van der Waals surface area contributed by atoms with Gasteiger partial charge in [0.1, 0.15) is 11.5 Å². The number of aliphatic carboxylic acids is 1. The van der Waals surface area contributed by atoms with Gasteiger partial charge in [0.05, 0.1) is 30.8 Å². The molecule has 0 heterocycles. The van der Waals surface area contributed by atoms with Crippen LogP contribution in [0.4, 0.5) is 26.3 Å². The van der Waals surface area contributed by atoms with E-state index in [4.69, 9.17) is 14.6 Å². The van der Waals surface area contributed by atoms with Crippen LogP contribution < -0.4 is 9.47 Å². The van der Waals surface area contributed by atoms with E-state index in [0.29, 0.717) is 17.9 Å². The first-order valence-corrected chi connectivity index (χ1v) is 9.23. The molecular formula is C21H20F6O4. The van der Waals surface area contributed by atoms with Crippen molar-refractivity contribution in [3.05, 3.63) is 59.2 Å². The molecule has 0 amide bonds. The maximum Gasteiger partial charge on any atom is 0.416 e. The molecule has 1 N–H and O–H groups in total. The predicted molar refractivity (Wildman–Crippen MR) is 99.2 cm³/mol. The summed E-state index contributed by atoms with van der Waals surface area (Å²) in [5.74, 6) is -1.12. The SMILES string of the molecule is CC(CC(=O)O)c1ccc(OCCCOc2cc(C(F)(F)F)cc(C(F)(F)F)c2)cc1. The van der Waals surface area contributed by atoms with E-state index in [1.165, 1.54) is 0 Å². The third-order valence-corrected chi connectivity index (χ3v) is 4.32. The maximum absolute atomic E-state index is 12.8. The minimum atomic E-state index is -4.93. The molecule has 0 radical (unpaired) electrons. The summed E-state index contributed by atoms with van der Waals surface area (Å²) in [6.07, 6.45) is -9.66. The monoisotopic (exact) mass is 450 g/mol. The standard InChI is InChI=1S/C21H20F6O4/c1-13(9-19(28)29)14-3-5-17(6-4-14)30-7-2-8-31-18-11-15(20(22,23)24)10-16(12-18)21(25,26)27/h3-6,10-13H,2,7-9H2,1H3,(H,28,29). The molecule has 2 aromatic carbocycles. The second-order valence-corrected chi connectivity index (χ2v) is 6.86. The van der Waals surface area contributed by atoms with Gasteiger partial charge < -0.3 is 14.6 Å². The second kappa shape index (κ2) is 9.93. The maximum atomic E-state index is 12.8. The quantitative estimate of drug-likeness (QED) is 0.368. The normalized spacial score (nSPS) is 13.0. The number of benzene rings is 2. The molecule has 1 atom stereocenters. The van der Waals surface area contributed by atoms with Gasteiger partial charge >= 0.3 is 18.3 Å². The number of hydrogen-bond acceptors (Lipinski definition) is 3. The Bertz CT molecular complexity index is 843. The lowest BCUT2D eigenvalue weighted by Gasteiger charge is -2.15. The van der Waals surface area contributed by atoms with E-state index in [2.05, 4.69) is 0 Å². The highest BCUT2D eigenvalue weighted by Crippen LogP contribution is 2.38. The van der Waals surface area contributed by atoms with Gasteiger partial charge in [-0.1, -0.05) is 19.1 Å². The highest BCUT2D eigenvalue weighted by atomic mass is 19.4. The number of carboxylic acid groups (broad SMARTS) is 1. The number of ether oxygens (including phenoxy) is 2. The summed E-state index contributed by atoms with van der Waals surface area (Å²) in [6, 6.07) is 7.83. The van der Waals surface area contributed by atoms with Crippen LogP contribution in [0.2, 0.25) is 0 Å². The van der Waals surface area contributed by atoms with Gasteiger partial charge in [-0.15, -0.1) is 0 Å². The van der Waals surface area contributed by atoms with Crippen molar-refractivity contribution < 1.29 is 45.7 Å². The zero-order chi connectivity index (χ0) is 23.2.